The third-order valence-electron chi connectivity index (χ3n) is 2.59. The number of urea groups is 1. The van der Waals surface area contributed by atoms with Crippen molar-refractivity contribution in [2.24, 2.45) is 0 Å². The molecule has 0 atom stereocenters. The SMILES string of the molecule is CNC(=O)NC(=O)COc1cccc2ccccc12. The second-order valence-electron chi connectivity index (χ2n) is 3.89. The highest BCUT2D eigenvalue weighted by atomic mass is 16.5. The van der Waals surface area contributed by atoms with E-state index in [4.69, 9.17) is 4.74 Å². The van der Waals surface area contributed by atoms with Crippen molar-refractivity contribution in [1.82, 2.24) is 10.6 Å². The standard InChI is InChI=1S/C14H14N2O3/c1-15-14(18)16-13(17)9-19-12-8-4-6-10-5-2-3-7-11(10)12/h2-8H,9H2,1H3,(H2,15,16,17,18). The second-order valence-corrected chi connectivity index (χ2v) is 3.89. The zero-order chi connectivity index (χ0) is 13.7. The minimum absolute atomic E-state index is 0.207. The first-order valence-electron chi connectivity index (χ1n) is 5.83. The molecule has 0 saturated carbocycles. The van der Waals surface area contributed by atoms with E-state index in [1.807, 2.05) is 36.4 Å². The normalized spacial score (nSPS) is 9.95. The summed E-state index contributed by atoms with van der Waals surface area (Å²) in [4.78, 5) is 22.4. The number of benzene rings is 2. The molecule has 0 fully saturated rings. The van der Waals surface area contributed by atoms with E-state index in [0.717, 1.165) is 10.8 Å². The fraction of sp³-hybridized carbons (Fsp3) is 0.143. The van der Waals surface area contributed by atoms with Crippen molar-refractivity contribution in [3.05, 3.63) is 42.5 Å². The van der Waals surface area contributed by atoms with Gasteiger partial charge in [0.2, 0.25) is 0 Å². The first-order valence-corrected chi connectivity index (χ1v) is 5.83. The maximum atomic E-state index is 11.4. The summed E-state index contributed by atoms with van der Waals surface area (Å²) in [6.07, 6.45) is 0. The molecule has 2 N–H and O–H groups in total. The molecule has 0 aliphatic rings. The maximum absolute atomic E-state index is 11.4. The van der Waals surface area contributed by atoms with Gasteiger partial charge < -0.3 is 10.1 Å². The van der Waals surface area contributed by atoms with Gasteiger partial charge in [-0.3, -0.25) is 10.1 Å². The van der Waals surface area contributed by atoms with Gasteiger partial charge in [-0.1, -0.05) is 36.4 Å². The summed E-state index contributed by atoms with van der Waals surface area (Å²) < 4.78 is 5.43. The Bertz CT molecular complexity index is 605. The van der Waals surface area contributed by atoms with Gasteiger partial charge in [0.05, 0.1) is 0 Å². The van der Waals surface area contributed by atoms with E-state index in [2.05, 4.69) is 10.6 Å². The van der Waals surface area contributed by atoms with Crippen molar-refractivity contribution >= 4 is 22.7 Å². The van der Waals surface area contributed by atoms with Crippen LogP contribution in [0.25, 0.3) is 10.8 Å². The molecular formula is C14H14N2O3. The number of hydrogen-bond donors (Lipinski definition) is 2. The Morgan fingerprint density at radius 1 is 1.11 bits per heavy atom. The van der Waals surface area contributed by atoms with Crippen molar-refractivity contribution in [3.63, 3.8) is 0 Å². The first kappa shape index (κ1) is 12.9. The lowest BCUT2D eigenvalue weighted by molar-refractivity contribution is -0.121. The number of fused-ring (bicyclic) bond motifs is 1. The van der Waals surface area contributed by atoms with E-state index in [9.17, 15) is 9.59 Å². The van der Waals surface area contributed by atoms with Gasteiger partial charge in [-0.05, 0) is 11.5 Å². The summed E-state index contributed by atoms with van der Waals surface area (Å²) in [7, 11) is 1.44. The Hall–Kier alpha value is -2.56. The Labute approximate surface area is 110 Å². The van der Waals surface area contributed by atoms with E-state index < -0.39 is 11.9 Å². The summed E-state index contributed by atoms with van der Waals surface area (Å²) in [5, 5.41) is 6.39. The topological polar surface area (TPSA) is 67.4 Å². The largest absolute Gasteiger partial charge is 0.483 e. The number of carbonyl (C=O) groups excluding carboxylic acids is 2. The first-order chi connectivity index (χ1) is 9.20. The van der Waals surface area contributed by atoms with Crippen molar-refractivity contribution in [3.8, 4) is 5.75 Å². The van der Waals surface area contributed by atoms with Crippen LogP contribution >= 0.6 is 0 Å². The van der Waals surface area contributed by atoms with Crippen LogP contribution in [0, 0.1) is 0 Å². The second kappa shape index (κ2) is 5.86. The molecule has 0 aliphatic carbocycles. The van der Waals surface area contributed by atoms with Crippen LogP contribution in [0.2, 0.25) is 0 Å². The van der Waals surface area contributed by atoms with Crippen LogP contribution in [0.3, 0.4) is 0 Å². The number of amides is 3. The summed E-state index contributed by atoms with van der Waals surface area (Å²) in [6.45, 7) is -0.207. The quantitative estimate of drug-likeness (QED) is 0.880. The number of hydrogen-bond acceptors (Lipinski definition) is 3. The highest BCUT2D eigenvalue weighted by Gasteiger charge is 2.08. The smallest absolute Gasteiger partial charge is 0.321 e. The van der Waals surface area contributed by atoms with E-state index in [0.29, 0.717) is 5.75 Å². The van der Waals surface area contributed by atoms with Crippen molar-refractivity contribution in [2.75, 3.05) is 13.7 Å². The van der Waals surface area contributed by atoms with Gasteiger partial charge in [0.1, 0.15) is 5.75 Å². The molecular weight excluding hydrogens is 244 g/mol. The van der Waals surface area contributed by atoms with Crippen LogP contribution in [0.4, 0.5) is 4.79 Å². The fourth-order valence-electron chi connectivity index (χ4n) is 1.69. The minimum atomic E-state index is -0.550. The maximum Gasteiger partial charge on any atom is 0.321 e. The van der Waals surface area contributed by atoms with Crippen molar-refractivity contribution in [2.45, 2.75) is 0 Å². The van der Waals surface area contributed by atoms with Gasteiger partial charge in [0.25, 0.3) is 5.91 Å². The molecule has 0 saturated heterocycles. The van der Waals surface area contributed by atoms with Gasteiger partial charge in [0, 0.05) is 12.4 Å². The van der Waals surface area contributed by atoms with E-state index in [1.54, 1.807) is 6.07 Å². The lowest BCUT2D eigenvalue weighted by Gasteiger charge is -2.09. The molecule has 2 aromatic carbocycles. The highest BCUT2D eigenvalue weighted by molar-refractivity contribution is 5.95. The van der Waals surface area contributed by atoms with Crippen LogP contribution in [0.5, 0.6) is 5.75 Å². The zero-order valence-electron chi connectivity index (χ0n) is 10.5. The number of carbonyl (C=O) groups is 2. The molecule has 5 heteroatoms. The average molecular weight is 258 g/mol. The predicted octanol–water partition coefficient (Wildman–Crippen LogP) is 1.67. The average Bonchev–Trinajstić information content (AvgIpc) is 2.44. The molecule has 0 spiro atoms. The molecule has 0 unspecified atom stereocenters. The van der Waals surface area contributed by atoms with Gasteiger partial charge in [-0.15, -0.1) is 0 Å². The molecule has 3 amide bonds. The molecule has 2 rings (SSSR count). The van der Waals surface area contributed by atoms with E-state index >= 15 is 0 Å². The Kier molecular flexibility index (Phi) is 3.97. The van der Waals surface area contributed by atoms with Gasteiger partial charge in [-0.2, -0.15) is 0 Å². The van der Waals surface area contributed by atoms with E-state index in [-0.39, 0.29) is 6.61 Å². The molecule has 5 nitrogen and oxygen atoms in total. The van der Waals surface area contributed by atoms with Crippen LogP contribution in [-0.2, 0) is 4.79 Å². The lowest BCUT2D eigenvalue weighted by Crippen LogP contribution is -2.39. The summed E-state index contributed by atoms with van der Waals surface area (Å²) in [6, 6.07) is 12.8. The molecule has 0 radical (unpaired) electrons. The number of imide groups is 1. The van der Waals surface area contributed by atoms with Gasteiger partial charge in [-0.25, -0.2) is 4.79 Å². The number of rotatable bonds is 3. The van der Waals surface area contributed by atoms with Crippen molar-refractivity contribution in [1.29, 1.82) is 0 Å². The number of nitrogens with one attached hydrogen (secondary N) is 2. The van der Waals surface area contributed by atoms with Crippen LogP contribution in [0.15, 0.2) is 42.5 Å². The molecule has 0 bridgehead atoms. The summed E-state index contributed by atoms with van der Waals surface area (Å²) >= 11 is 0. The summed E-state index contributed by atoms with van der Waals surface area (Å²) in [5.74, 6) is 0.123. The molecule has 98 valence electrons. The Morgan fingerprint density at radius 2 is 1.84 bits per heavy atom. The third-order valence-corrected chi connectivity index (χ3v) is 2.59. The minimum Gasteiger partial charge on any atom is -0.483 e. The zero-order valence-corrected chi connectivity index (χ0v) is 10.5. The van der Waals surface area contributed by atoms with Gasteiger partial charge >= 0.3 is 6.03 Å². The lowest BCUT2D eigenvalue weighted by atomic mass is 10.1. The van der Waals surface area contributed by atoms with Gasteiger partial charge in [0.15, 0.2) is 6.61 Å². The highest BCUT2D eigenvalue weighted by Crippen LogP contribution is 2.24. The Morgan fingerprint density at radius 3 is 2.63 bits per heavy atom. The Balaban J connectivity index is 2.06. The molecule has 0 aromatic heterocycles. The van der Waals surface area contributed by atoms with Crippen molar-refractivity contribution < 1.29 is 14.3 Å². The molecule has 2 aromatic rings. The molecule has 0 heterocycles. The number of ether oxygens (including phenoxy) is 1. The third kappa shape index (κ3) is 3.22. The summed E-state index contributed by atoms with van der Waals surface area (Å²) in [5.41, 5.74) is 0. The van der Waals surface area contributed by atoms with Crippen LogP contribution in [-0.4, -0.2) is 25.6 Å². The predicted molar refractivity (Wildman–Crippen MR) is 72.0 cm³/mol. The van der Waals surface area contributed by atoms with Crippen LogP contribution in [0.1, 0.15) is 0 Å². The van der Waals surface area contributed by atoms with Crippen LogP contribution < -0.4 is 15.4 Å². The fourth-order valence-corrected chi connectivity index (χ4v) is 1.69. The monoisotopic (exact) mass is 258 g/mol. The van der Waals surface area contributed by atoms with E-state index in [1.165, 1.54) is 7.05 Å². The molecule has 0 aliphatic heterocycles. The molecule has 19 heavy (non-hydrogen) atoms.